The van der Waals surface area contributed by atoms with Crippen LogP contribution in [-0.4, -0.2) is 64.2 Å². The molecule has 2 amide bonds. The van der Waals surface area contributed by atoms with Crippen LogP contribution in [0.4, 0.5) is 5.69 Å². The van der Waals surface area contributed by atoms with E-state index in [0.717, 1.165) is 27.0 Å². The van der Waals surface area contributed by atoms with Crippen LogP contribution in [0, 0.1) is 0 Å². The minimum Gasteiger partial charge on any atom is -0.497 e. The van der Waals surface area contributed by atoms with E-state index in [4.69, 9.17) is 9.47 Å². The molecule has 0 heterocycles. The lowest BCUT2D eigenvalue weighted by molar-refractivity contribution is -0.139. The van der Waals surface area contributed by atoms with E-state index >= 15 is 0 Å². The van der Waals surface area contributed by atoms with Crippen LogP contribution in [0.5, 0.6) is 11.5 Å². The second-order valence-corrected chi connectivity index (χ2v) is 11.3. The van der Waals surface area contributed by atoms with Crippen LogP contribution < -0.4 is 19.1 Å². The van der Waals surface area contributed by atoms with E-state index in [2.05, 4.69) is 21.2 Å². The zero-order valence-corrected chi connectivity index (χ0v) is 23.9. The van der Waals surface area contributed by atoms with Gasteiger partial charge in [-0.15, -0.1) is 0 Å². The lowest BCUT2D eigenvalue weighted by Gasteiger charge is -2.32. The third kappa shape index (κ3) is 7.86. The molecule has 11 heteroatoms. The van der Waals surface area contributed by atoms with E-state index < -0.39 is 28.5 Å². The van der Waals surface area contributed by atoms with Gasteiger partial charge in [0.2, 0.25) is 21.8 Å². The van der Waals surface area contributed by atoms with Crippen molar-refractivity contribution in [1.29, 1.82) is 0 Å². The van der Waals surface area contributed by atoms with Gasteiger partial charge in [0.05, 0.1) is 26.2 Å². The van der Waals surface area contributed by atoms with Crippen molar-refractivity contribution in [2.45, 2.75) is 45.8 Å². The molecule has 198 valence electrons. The highest BCUT2D eigenvalue weighted by atomic mass is 79.9. The number of hydrogen-bond acceptors (Lipinski definition) is 6. The average Bonchev–Trinajstić information content (AvgIpc) is 2.85. The van der Waals surface area contributed by atoms with E-state index in [9.17, 15) is 18.0 Å². The first-order valence-corrected chi connectivity index (χ1v) is 14.1. The summed E-state index contributed by atoms with van der Waals surface area (Å²) in [5, 5.41) is 2.90. The minimum atomic E-state index is -3.91. The van der Waals surface area contributed by atoms with Gasteiger partial charge in [-0.1, -0.05) is 35.0 Å². The van der Waals surface area contributed by atoms with Crippen molar-refractivity contribution in [3.05, 3.63) is 52.5 Å². The molecule has 2 aromatic rings. The van der Waals surface area contributed by atoms with E-state index in [1.54, 1.807) is 19.1 Å². The van der Waals surface area contributed by atoms with Crippen LogP contribution in [0.3, 0.4) is 0 Å². The number of carbonyl (C=O) groups excluding carboxylic acids is 2. The number of nitrogens with zero attached hydrogens (tertiary/aromatic N) is 2. The zero-order chi connectivity index (χ0) is 27.0. The third-order valence-corrected chi connectivity index (χ3v) is 7.42. The first kappa shape index (κ1) is 29.4. The Balaban J connectivity index is 2.47. The third-order valence-electron chi connectivity index (χ3n) is 5.77. The molecule has 0 saturated carbocycles. The molecule has 9 nitrogen and oxygen atoms in total. The number of hydrogen-bond donors (Lipinski definition) is 1. The van der Waals surface area contributed by atoms with Gasteiger partial charge in [0.1, 0.15) is 24.1 Å². The fraction of sp³-hybridized carbons (Fsp3) is 0.440. The van der Waals surface area contributed by atoms with Gasteiger partial charge in [-0.2, -0.15) is 0 Å². The van der Waals surface area contributed by atoms with Crippen molar-refractivity contribution < 1.29 is 27.5 Å². The van der Waals surface area contributed by atoms with Crippen LogP contribution in [0.1, 0.15) is 32.8 Å². The lowest BCUT2D eigenvalue weighted by Crippen LogP contribution is -2.52. The summed E-state index contributed by atoms with van der Waals surface area (Å²) in [7, 11) is -1.04. The summed E-state index contributed by atoms with van der Waals surface area (Å²) in [4.78, 5) is 28.0. The van der Waals surface area contributed by atoms with Gasteiger partial charge in [0.25, 0.3) is 0 Å². The van der Waals surface area contributed by atoms with Crippen LogP contribution >= 0.6 is 15.9 Å². The van der Waals surface area contributed by atoms with Crippen LogP contribution in [0.2, 0.25) is 0 Å². The maximum atomic E-state index is 13.7. The summed E-state index contributed by atoms with van der Waals surface area (Å²) in [6.07, 6.45) is 1.74. The van der Waals surface area contributed by atoms with E-state index in [-0.39, 0.29) is 29.9 Å². The van der Waals surface area contributed by atoms with Crippen molar-refractivity contribution in [3.63, 3.8) is 0 Å². The van der Waals surface area contributed by atoms with Crippen LogP contribution in [-0.2, 0) is 26.2 Å². The normalized spacial score (nSPS) is 12.9. The topological polar surface area (TPSA) is 105 Å². The quantitative estimate of drug-likeness (QED) is 0.409. The Morgan fingerprint density at radius 3 is 2.22 bits per heavy atom. The van der Waals surface area contributed by atoms with Gasteiger partial charge >= 0.3 is 0 Å². The fourth-order valence-corrected chi connectivity index (χ4v) is 4.53. The number of carbonyl (C=O) groups is 2. The van der Waals surface area contributed by atoms with Gasteiger partial charge in [-0.3, -0.25) is 13.9 Å². The summed E-state index contributed by atoms with van der Waals surface area (Å²) in [5.74, 6) is -0.198. The molecule has 0 unspecified atom stereocenters. The number of methoxy groups -OCH3 is 2. The molecule has 2 atom stereocenters. The number of rotatable bonds is 12. The zero-order valence-electron chi connectivity index (χ0n) is 21.4. The van der Waals surface area contributed by atoms with Crippen molar-refractivity contribution in [2.75, 3.05) is 31.3 Å². The van der Waals surface area contributed by atoms with Gasteiger partial charge < -0.3 is 19.7 Å². The molecule has 36 heavy (non-hydrogen) atoms. The Morgan fingerprint density at radius 2 is 1.69 bits per heavy atom. The smallest absolute Gasteiger partial charge is 0.244 e. The standard InChI is InChI=1S/C25H34BrN3O6S/c1-7-17(2)27-25(31)18(3)28(15-19-8-10-20(26)11-9-19)24(30)16-29(36(6,32)33)22-14-21(34-4)12-13-23(22)35-5/h8-14,17-18H,7,15-16H2,1-6H3,(H,27,31)/t17-,18+/m0/s1. The number of benzene rings is 2. The summed E-state index contributed by atoms with van der Waals surface area (Å²) >= 11 is 3.39. The monoisotopic (exact) mass is 583 g/mol. The van der Waals surface area contributed by atoms with Crippen LogP contribution in [0.15, 0.2) is 46.9 Å². The predicted octanol–water partition coefficient (Wildman–Crippen LogP) is 3.56. The van der Waals surface area contributed by atoms with Crippen molar-refractivity contribution in [2.24, 2.45) is 0 Å². The molecule has 2 rings (SSSR count). The maximum Gasteiger partial charge on any atom is 0.244 e. The molecule has 1 N–H and O–H groups in total. The van der Waals surface area contributed by atoms with E-state index in [1.807, 2.05) is 38.1 Å². The molecule has 0 aliphatic carbocycles. The van der Waals surface area contributed by atoms with E-state index in [1.165, 1.54) is 25.2 Å². The minimum absolute atomic E-state index is 0.0712. The summed E-state index contributed by atoms with van der Waals surface area (Å²) in [5.41, 5.74) is 0.951. The Morgan fingerprint density at radius 1 is 1.06 bits per heavy atom. The molecule has 0 aromatic heterocycles. The Hall–Kier alpha value is -2.79. The Labute approximate surface area is 221 Å². The molecule has 0 bridgehead atoms. The molecule has 2 aromatic carbocycles. The fourth-order valence-electron chi connectivity index (χ4n) is 3.42. The Bertz CT molecular complexity index is 1160. The largest absolute Gasteiger partial charge is 0.497 e. The SMILES string of the molecule is CC[C@H](C)NC(=O)[C@@H](C)N(Cc1ccc(Br)cc1)C(=O)CN(c1cc(OC)ccc1OC)S(C)(=O)=O. The van der Waals surface area contributed by atoms with Gasteiger partial charge in [-0.25, -0.2) is 8.42 Å². The van der Waals surface area contributed by atoms with Crippen LogP contribution in [0.25, 0.3) is 0 Å². The molecular weight excluding hydrogens is 550 g/mol. The first-order valence-electron chi connectivity index (χ1n) is 11.4. The lowest BCUT2D eigenvalue weighted by atomic mass is 10.1. The number of amides is 2. The molecular formula is C25H34BrN3O6S. The number of halogens is 1. The van der Waals surface area contributed by atoms with E-state index in [0.29, 0.717) is 5.75 Å². The summed E-state index contributed by atoms with van der Waals surface area (Å²) < 4.78 is 38.1. The number of sulfonamides is 1. The summed E-state index contributed by atoms with van der Waals surface area (Å²) in [6.45, 7) is 5.05. The van der Waals surface area contributed by atoms with Gasteiger partial charge in [0, 0.05) is 23.1 Å². The van der Waals surface area contributed by atoms with Crippen molar-refractivity contribution in [3.8, 4) is 11.5 Å². The van der Waals surface area contributed by atoms with Gasteiger partial charge in [-0.05, 0) is 50.1 Å². The first-order chi connectivity index (χ1) is 16.9. The molecule has 0 aliphatic heterocycles. The number of anilines is 1. The van der Waals surface area contributed by atoms with Crippen molar-refractivity contribution in [1.82, 2.24) is 10.2 Å². The highest BCUT2D eigenvalue weighted by molar-refractivity contribution is 9.10. The molecule has 0 aliphatic rings. The summed E-state index contributed by atoms with van der Waals surface area (Å²) in [6, 6.07) is 11.1. The Kier molecular flexibility index (Phi) is 10.6. The highest BCUT2D eigenvalue weighted by Gasteiger charge is 2.31. The van der Waals surface area contributed by atoms with Gasteiger partial charge in [0.15, 0.2) is 0 Å². The van der Waals surface area contributed by atoms with Crippen molar-refractivity contribution >= 4 is 43.5 Å². The second kappa shape index (κ2) is 13.0. The molecule has 0 spiro atoms. The number of nitrogens with one attached hydrogen (secondary N) is 1. The molecule has 0 radical (unpaired) electrons. The second-order valence-electron chi connectivity index (χ2n) is 8.45. The molecule has 0 saturated heterocycles. The number of ether oxygens (including phenoxy) is 2. The predicted molar refractivity (Wildman–Crippen MR) is 144 cm³/mol. The highest BCUT2D eigenvalue weighted by Crippen LogP contribution is 2.34. The molecule has 0 fully saturated rings. The average molecular weight is 585 g/mol. The maximum absolute atomic E-state index is 13.7.